The molecule has 0 radical (unpaired) electrons. The minimum Gasteiger partial charge on any atom is -0.478 e. The number of carboxylic acid groups (broad SMARTS) is 1. The van der Waals surface area contributed by atoms with Gasteiger partial charge in [-0.1, -0.05) is 6.92 Å². The number of aromatic nitrogens is 2. The maximum absolute atomic E-state index is 11.2. The third-order valence-corrected chi connectivity index (χ3v) is 3.40. The standard InChI is InChI=1S/C12H18N4O2/c1-3-15-6-7-16(8-9(15)2)11-10(12(17)18)4-5-13-14-11/h4-5,9H,3,6-8H2,1-2H3,(H,17,18). The Morgan fingerprint density at radius 1 is 1.56 bits per heavy atom. The van der Waals surface area contributed by atoms with Crippen molar-refractivity contribution in [2.75, 3.05) is 31.1 Å². The predicted octanol–water partition coefficient (Wildman–Crippen LogP) is 0.705. The van der Waals surface area contributed by atoms with Crippen molar-refractivity contribution in [2.24, 2.45) is 0 Å². The number of hydrogen-bond acceptors (Lipinski definition) is 5. The van der Waals surface area contributed by atoms with E-state index in [0.717, 1.165) is 26.2 Å². The van der Waals surface area contributed by atoms with Crippen molar-refractivity contribution >= 4 is 11.8 Å². The van der Waals surface area contributed by atoms with Gasteiger partial charge in [-0.2, -0.15) is 5.10 Å². The minimum absolute atomic E-state index is 0.224. The molecule has 1 aromatic rings. The highest BCUT2D eigenvalue weighted by molar-refractivity contribution is 5.93. The topological polar surface area (TPSA) is 69.6 Å². The Kier molecular flexibility index (Phi) is 3.76. The summed E-state index contributed by atoms with van der Waals surface area (Å²) in [5, 5.41) is 16.9. The van der Waals surface area contributed by atoms with Crippen LogP contribution in [0.5, 0.6) is 0 Å². The van der Waals surface area contributed by atoms with Crippen LogP contribution in [0.2, 0.25) is 0 Å². The fourth-order valence-electron chi connectivity index (χ4n) is 2.38. The van der Waals surface area contributed by atoms with Crippen LogP contribution in [0.4, 0.5) is 5.82 Å². The molecule has 1 aliphatic heterocycles. The fourth-order valence-corrected chi connectivity index (χ4v) is 2.38. The van der Waals surface area contributed by atoms with Crippen LogP contribution in [0.1, 0.15) is 24.2 Å². The number of hydrogen-bond donors (Lipinski definition) is 1. The zero-order valence-electron chi connectivity index (χ0n) is 10.7. The summed E-state index contributed by atoms with van der Waals surface area (Å²) >= 11 is 0. The predicted molar refractivity (Wildman–Crippen MR) is 67.9 cm³/mol. The molecule has 98 valence electrons. The number of nitrogens with zero attached hydrogens (tertiary/aromatic N) is 4. The molecule has 1 saturated heterocycles. The number of aromatic carboxylic acids is 1. The molecule has 1 unspecified atom stereocenters. The van der Waals surface area contributed by atoms with Crippen LogP contribution in [-0.4, -0.2) is 58.4 Å². The molecule has 0 aliphatic carbocycles. The quantitative estimate of drug-likeness (QED) is 0.852. The van der Waals surface area contributed by atoms with Gasteiger partial charge in [0.05, 0.1) is 6.20 Å². The van der Waals surface area contributed by atoms with Crippen molar-refractivity contribution in [1.82, 2.24) is 15.1 Å². The smallest absolute Gasteiger partial charge is 0.339 e. The summed E-state index contributed by atoms with van der Waals surface area (Å²) in [5.74, 6) is -0.474. The molecular weight excluding hydrogens is 232 g/mol. The SMILES string of the molecule is CCN1CCN(c2nnccc2C(=O)O)CC1C. The highest BCUT2D eigenvalue weighted by Crippen LogP contribution is 2.20. The molecule has 1 N–H and O–H groups in total. The van der Waals surface area contributed by atoms with Crippen LogP contribution in [0.15, 0.2) is 12.3 Å². The van der Waals surface area contributed by atoms with Crippen LogP contribution in [0.25, 0.3) is 0 Å². The molecule has 1 fully saturated rings. The van der Waals surface area contributed by atoms with E-state index in [1.54, 1.807) is 0 Å². The van der Waals surface area contributed by atoms with E-state index in [-0.39, 0.29) is 5.56 Å². The summed E-state index contributed by atoms with van der Waals surface area (Å²) in [4.78, 5) is 15.5. The van der Waals surface area contributed by atoms with Gasteiger partial charge in [-0.3, -0.25) is 4.90 Å². The first-order valence-corrected chi connectivity index (χ1v) is 6.17. The summed E-state index contributed by atoms with van der Waals surface area (Å²) in [5.41, 5.74) is 0.224. The second kappa shape index (κ2) is 5.30. The van der Waals surface area contributed by atoms with Crippen molar-refractivity contribution in [1.29, 1.82) is 0 Å². The average molecular weight is 250 g/mol. The van der Waals surface area contributed by atoms with E-state index in [2.05, 4.69) is 28.9 Å². The van der Waals surface area contributed by atoms with Gasteiger partial charge in [0, 0.05) is 25.7 Å². The number of carboxylic acids is 1. The molecule has 2 heterocycles. The molecule has 0 aromatic carbocycles. The van der Waals surface area contributed by atoms with E-state index in [4.69, 9.17) is 5.11 Å². The van der Waals surface area contributed by atoms with Gasteiger partial charge in [-0.05, 0) is 19.5 Å². The Labute approximate surface area is 106 Å². The number of anilines is 1. The summed E-state index contributed by atoms with van der Waals surface area (Å²) < 4.78 is 0. The van der Waals surface area contributed by atoms with Crippen LogP contribution >= 0.6 is 0 Å². The molecule has 0 bridgehead atoms. The van der Waals surface area contributed by atoms with E-state index in [9.17, 15) is 4.79 Å². The van der Waals surface area contributed by atoms with Gasteiger partial charge in [0.2, 0.25) is 0 Å². The molecule has 18 heavy (non-hydrogen) atoms. The van der Waals surface area contributed by atoms with E-state index in [1.807, 2.05) is 4.90 Å². The fraction of sp³-hybridized carbons (Fsp3) is 0.583. The Morgan fingerprint density at radius 2 is 2.33 bits per heavy atom. The third-order valence-electron chi connectivity index (χ3n) is 3.40. The zero-order valence-corrected chi connectivity index (χ0v) is 10.7. The summed E-state index contributed by atoms with van der Waals surface area (Å²) in [7, 11) is 0. The maximum atomic E-state index is 11.2. The lowest BCUT2D eigenvalue weighted by atomic mass is 10.1. The molecule has 0 amide bonds. The molecule has 2 rings (SSSR count). The van der Waals surface area contributed by atoms with E-state index in [1.165, 1.54) is 12.3 Å². The van der Waals surface area contributed by atoms with Crippen molar-refractivity contribution in [2.45, 2.75) is 19.9 Å². The Morgan fingerprint density at radius 3 is 2.94 bits per heavy atom. The highest BCUT2D eigenvalue weighted by atomic mass is 16.4. The molecule has 0 spiro atoms. The van der Waals surface area contributed by atoms with E-state index < -0.39 is 5.97 Å². The van der Waals surface area contributed by atoms with E-state index >= 15 is 0 Å². The van der Waals surface area contributed by atoms with Crippen LogP contribution < -0.4 is 4.90 Å². The largest absolute Gasteiger partial charge is 0.478 e. The first kappa shape index (κ1) is 12.8. The molecule has 6 nitrogen and oxygen atoms in total. The lowest BCUT2D eigenvalue weighted by Gasteiger charge is -2.39. The number of piperazine rings is 1. The minimum atomic E-state index is -0.953. The summed E-state index contributed by atoms with van der Waals surface area (Å²) in [6.07, 6.45) is 1.42. The van der Waals surface area contributed by atoms with Gasteiger partial charge in [-0.25, -0.2) is 4.79 Å². The highest BCUT2D eigenvalue weighted by Gasteiger charge is 2.26. The van der Waals surface area contributed by atoms with Gasteiger partial charge < -0.3 is 10.0 Å². The molecule has 1 atom stereocenters. The first-order valence-electron chi connectivity index (χ1n) is 6.17. The molecule has 0 saturated carbocycles. The van der Waals surface area contributed by atoms with Gasteiger partial charge in [0.1, 0.15) is 5.56 Å². The second-order valence-corrected chi connectivity index (χ2v) is 4.50. The molecular formula is C12H18N4O2. The van der Waals surface area contributed by atoms with Crippen LogP contribution in [0.3, 0.4) is 0 Å². The van der Waals surface area contributed by atoms with Crippen LogP contribution in [0, 0.1) is 0 Å². The van der Waals surface area contributed by atoms with Crippen molar-refractivity contribution in [3.05, 3.63) is 17.8 Å². The first-order chi connectivity index (χ1) is 8.63. The normalized spacial score (nSPS) is 21.0. The van der Waals surface area contributed by atoms with Gasteiger partial charge in [0.15, 0.2) is 5.82 Å². The second-order valence-electron chi connectivity index (χ2n) is 4.50. The number of rotatable bonds is 3. The molecule has 1 aromatic heterocycles. The summed E-state index contributed by atoms with van der Waals surface area (Å²) in [6, 6.07) is 1.90. The number of likely N-dealkylation sites (N-methyl/N-ethyl adjacent to an activating group) is 1. The Bertz CT molecular complexity index is 438. The molecule has 6 heteroatoms. The van der Waals surface area contributed by atoms with Crippen LogP contribution in [-0.2, 0) is 0 Å². The maximum Gasteiger partial charge on any atom is 0.339 e. The third kappa shape index (κ3) is 2.43. The lowest BCUT2D eigenvalue weighted by Crippen LogP contribution is -2.52. The van der Waals surface area contributed by atoms with Gasteiger partial charge in [0.25, 0.3) is 0 Å². The van der Waals surface area contributed by atoms with Gasteiger partial charge >= 0.3 is 5.97 Å². The zero-order chi connectivity index (χ0) is 13.1. The monoisotopic (exact) mass is 250 g/mol. The Hall–Kier alpha value is -1.69. The van der Waals surface area contributed by atoms with Crippen molar-refractivity contribution < 1.29 is 9.90 Å². The summed E-state index contributed by atoms with van der Waals surface area (Å²) in [6.45, 7) is 7.79. The Balaban J connectivity index is 2.20. The lowest BCUT2D eigenvalue weighted by molar-refractivity contribution is 0.0696. The van der Waals surface area contributed by atoms with Crippen molar-refractivity contribution in [3.63, 3.8) is 0 Å². The van der Waals surface area contributed by atoms with Crippen molar-refractivity contribution in [3.8, 4) is 0 Å². The van der Waals surface area contributed by atoms with Gasteiger partial charge in [-0.15, -0.1) is 5.10 Å². The molecule has 1 aliphatic rings. The number of carbonyl (C=O) groups is 1. The van der Waals surface area contributed by atoms with E-state index in [0.29, 0.717) is 11.9 Å². The average Bonchev–Trinajstić information content (AvgIpc) is 2.38.